The topological polar surface area (TPSA) is 95.9 Å². The van der Waals surface area contributed by atoms with Crippen LogP contribution >= 0.6 is 0 Å². The fourth-order valence-corrected chi connectivity index (χ4v) is 6.69. The number of allylic oxidation sites excluding steroid dienone is 22. The van der Waals surface area contributed by atoms with Crippen LogP contribution in [-0.4, -0.2) is 46.9 Å². The van der Waals surface area contributed by atoms with Crippen LogP contribution in [0.2, 0.25) is 0 Å². The third-order valence-corrected chi connectivity index (χ3v) is 10.4. The van der Waals surface area contributed by atoms with Gasteiger partial charge in [-0.2, -0.15) is 0 Å². The fraction of sp³-hybridized carbons (Fsp3) is 0.579. The molecule has 3 unspecified atom stereocenters. The zero-order valence-electron chi connectivity index (χ0n) is 40.1. The van der Waals surface area contributed by atoms with Crippen LogP contribution in [0.3, 0.4) is 0 Å². The zero-order valence-corrected chi connectivity index (χ0v) is 40.1. The molecule has 63 heavy (non-hydrogen) atoms. The van der Waals surface area contributed by atoms with Crippen LogP contribution in [0.5, 0.6) is 0 Å². The maximum absolute atomic E-state index is 13.2. The maximum atomic E-state index is 13.2. The van der Waals surface area contributed by atoms with Crippen molar-refractivity contribution < 1.29 is 24.5 Å². The summed E-state index contributed by atoms with van der Waals surface area (Å²) in [5.74, 6) is -0.664. The number of carbonyl (C=O) groups excluding carboxylic acids is 2. The molecule has 0 heterocycles. The second-order valence-electron chi connectivity index (χ2n) is 16.3. The Balaban J connectivity index is 4.88. The SMILES string of the molecule is CC\C=C/C=C/C=C/C=C\C=C\C=C\CCCC(CC(=O)NC(CO)C(O)CCCCCCCCCCCCCCC)OC(=O)CC/C=C/C/C=C/C/C=C/C/C=C/C/C=C/CC. The minimum atomic E-state index is -0.829. The molecule has 0 radical (unpaired) electrons. The van der Waals surface area contributed by atoms with Crippen molar-refractivity contribution in [2.75, 3.05) is 6.61 Å². The van der Waals surface area contributed by atoms with Crippen molar-refractivity contribution in [2.45, 2.75) is 206 Å². The Hall–Kier alpha value is -4.00. The van der Waals surface area contributed by atoms with E-state index in [2.05, 4.69) is 92.9 Å². The number of carbonyl (C=O) groups is 2. The number of nitrogens with one attached hydrogen (secondary N) is 1. The molecule has 0 rings (SSSR count). The van der Waals surface area contributed by atoms with Crippen LogP contribution < -0.4 is 5.32 Å². The second-order valence-corrected chi connectivity index (χ2v) is 16.3. The molecule has 0 aromatic carbocycles. The number of esters is 1. The normalized spacial score (nSPS) is 14.4. The molecule has 3 atom stereocenters. The summed E-state index contributed by atoms with van der Waals surface area (Å²) in [6, 6.07) is -0.750. The number of amides is 1. The summed E-state index contributed by atoms with van der Waals surface area (Å²) in [4.78, 5) is 26.1. The summed E-state index contributed by atoms with van der Waals surface area (Å²) in [5, 5.41) is 23.7. The zero-order chi connectivity index (χ0) is 45.9. The van der Waals surface area contributed by atoms with E-state index < -0.39 is 18.2 Å². The van der Waals surface area contributed by atoms with Crippen molar-refractivity contribution in [1.29, 1.82) is 0 Å². The van der Waals surface area contributed by atoms with Gasteiger partial charge in [-0.3, -0.25) is 9.59 Å². The van der Waals surface area contributed by atoms with Gasteiger partial charge >= 0.3 is 5.97 Å². The van der Waals surface area contributed by atoms with Crippen molar-refractivity contribution >= 4 is 11.9 Å². The standard InChI is InChI=1S/C57H91NO5/c1-4-7-10-13-16-19-22-25-27-29-32-35-38-41-44-47-50-57(62)63-53(48-45-42-39-36-33-31-28-26-23-20-17-14-11-8-5-2)51-56(61)58-54(52-59)55(60)49-46-43-40-37-34-30-24-21-18-15-12-9-6-3/h7-8,10-11,14,16-17,19-20,23,25-28,31-33,35-36,39,41,44,53-55,59-60H,4-6,9,12-13,15,18,21-22,24,29-30,34,37-38,40,42-43,45-52H2,1-3H3,(H,58,61)/b10-7+,11-8-,17-14+,19-16+,23-20+,27-25+,28-26-,33-31+,35-32+,39-36+,44-41+. The number of unbranched alkanes of at least 4 members (excludes halogenated alkanes) is 13. The first-order valence-electron chi connectivity index (χ1n) is 25.0. The third-order valence-electron chi connectivity index (χ3n) is 10.4. The van der Waals surface area contributed by atoms with E-state index in [0.717, 1.165) is 70.6 Å². The van der Waals surface area contributed by atoms with E-state index in [4.69, 9.17) is 4.74 Å². The molecular formula is C57H91NO5. The molecule has 0 aliphatic rings. The van der Waals surface area contributed by atoms with Gasteiger partial charge in [0.05, 0.1) is 25.2 Å². The lowest BCUT2D eigenvalue weighted by Gasteiger charge is -2.24. The van der Waals surface area contributed by atoms with Gasteiger partial charge in [-0.1, -0.05) is 238 Å². The summed E-state index contributed by atoms with van der Waals surface area (Å²) in [6.07, 6.45) is 69.5. The van der Waals surface area contributed by atoms with Gasteiger partial charge in [0.25, 0.3) is 0 Å². The highest BCUT2D eigenvalue weighted by Crippen LogP contribution is 2.16. The number of aliphatic hydroxyl groups is 2. The molecule has 6 heteroatoms. The minimum absolute atomic E-state index is 0.0125. The van der Waals surface area contributed by atoms with E-state index in [0.29, 0.717) is 19.3 Å². The Morgan fingerprint density at radius 2 is 0.937 bits per heavy atom. The Morgan fingerprint density at radius 3 is 1.43 bits per heavy atom. The maximum Gasteiger partial charge on any atom is 0.306 e. The van der Waals surface area contributed by atoms with Gasteiger partial charge < -0.3 is 20.3 Å². The molecule has 0 aromatic rings. The number of ether oxygens (including phenoxy) is 1. The quantitative estimate of drug-likeness (QED) is 0.0246. The van der Waals surface area contributed by atoms with Gasteiger partial charge in [0, 0.05) is 6.42 Å². The van der Waals surface area contributed by atoms with E-state index in [1.165, 1.54) is 64.2 Å². The summed E-state index contributed by atoms with van der Waals surface area (Å²) < 4.78 is 5.84. The highest BCUT2D eigenvalue weighted by atomic mass is 16.5. The molecule has 354 valence electrons. The molecule has 3 N–H and O–H groups in total. The first-order valence-corrected chi connectivity index (χ1v) is 25.0. The number of rotatable bonds is 42. The molecule has 0 aliphatic heterocycles. The van der Waals surface area contributed by atoms with Crippen LogP contribution in [0, 0.1) is 0 Å². The van der Waals surface area contributed by atoms with Crippen LogP contribution in [-0.2, 0) is 14.3 Å². The monoisotopic (exact) mass is 870 g/mol. The second kappa shape index (κ2) is 49.0. The molecule has 0 aliphatic carbocycles. The van der Waals surface area contributed by atoms with Gasteiger partial charge in [0.2, 0.25) is 5.91 Å². The highest BCUT2D eigenvalue weighted by Gasteiger charge is 2.23. The molecule has 1 amide bonds. The van der Waals surface area contributed by atoms with E-state index >= 15 is 0 Å². The molecule has 0 saturated carbocycles. The molecule has 0 bridgehead atoms. The van der Waals surface area contributed by atoms with Gasteiger partial charge in [-0.15, -0.1) is 0 Å². The third kappa shape index (κ3) is 44.4. The molecule has 0 aromatic heterocycles. The predicted molar refractivity (Wildman–Crippen MR) is 273 cm³/mol. The molecular weight excluding hydrogens is 779 g/mol. The Labute approximate surface area is 386 Å². The van der Waals surface area contributed by atoms with Crippen LogP contribution in [0.25, 0.3) is 0 Å². The minimum Gasteiger partial charge on any atom is -0.462 e. The number of aliphatic hydroxyl groups excluding tert-OH is 2. The Kier molecular flexibility index (Phi) is 45.9. The van der Waals surface area contributed by atoms with Gasteiger partial charge in [0.1, 0.15) is 6.10 Å². The van der Waals surface area contributed by atoms with Crippen molar-refractivity contribution in [1.82, 2.24) is 5.32 Å². The van der Waals surface area contributed by atoms with Gasteiger partial charge in [-0.05, 0) is 70.6 Å². The van der Waals surface area contributed by atoms with Crippen LogP contribution in [0.1, 0.15) is 188 Å². The molecule has 6 nitrogen and oxygen atoms in total. The van der Waals surface area contributed by atoms with Crippen LogP contribution in [0.4, 0.5) is 0 Å². The average Bonchev–Trinajstić information content (AvgIpc) is 3.28. The number of hydrogen-bond donors (Lipinski definition) is 3. The van der Waals surface area contributed by atoms with Crippen molar-refractivity contribution in [3.8, 4) is 0 Å². The largest absolute Gasteiger partial charge is 0.462 e. The smallest absolute Gasteiger partial charge is 0.306 e. The average molecular weight is 870 g/mol. The summed E-state index contributed by atoms with van der Waals surface area (Å²) >= 11 is 0. The van der Waals surface area contributed by atoms with E-state index in [1.807, 2.05) is 66.8 Å². The predicted octanol–water partition coefficient (Wildman–Crippen LogP) is 15.1. The lowest BCUT2D eigenvalue weighted by Crippen LogP contribution is -2.46. The highest BCUT2D eigenvalue weighted by molar-refractivity contribution is 5.77. The summed E-state index contributed by atoms with van der Waals surface area (Å²) in [6.45, 7) is 6.16. The molecule has 0 saturated heterocycles. The summed E-state index contributed by atoms with van der Waals surface area (Å²) in [7, 11) is 0. The fourth-order valence-electron chi connectivity index (χ4n) is 6.69. The number of hydrogen-bond acceptors (Lipinski definition) is 5. The first-order chi connectivity index (χ1) is 31.0. The molecule has 0 fully saturated rings. The van der Waals surface area contributed by atoms with E-state index in [1.54, 1.807) is 0 Å². The van der Waals surface area contributed by atoms with E-state index in [-0.39, 0.29) is 31.3 Å². The van der Waals surface area contributed by atoms with Gasteiger partial charge in [-0.25, -0.2) is 0 Å². The Bertz CT molecular complexity index is 1390. The van der Waals surface area contributed by atoms with E-state index in [9.17, 15) is 19.8 Å². The lowest BCUT2D eigenvalue weighted by molar-refractivity contribution is -0.150. The lowest BCUT2D eigenvalue weighted by atomic mass is 10.0. The first kappa shape index (κ1) is 59.0. The summed E-state index contributed by atoms with van der Waals surface area (Å²) in [5.41, 5.74) is 0. The molecule has 0 spiro atoms. The Morgan fingerprint density at radius 1 is 0.492 bits per heavy atom. The van der Waals surface area contributed by atoms with Crippen molar-refractivity contribution in [2.24, 2.45) is 0 Å². The van der Waals surface area contributed by atoms with Crippen molar-refractivity contribution in [3.05, 3.63) is 134 Å². The van der Waals surface area contributed by atoms with Crippen molar-refractivity contribution in [3.63, 3.8) is 0 Å². The van der Waals surface area contributed by atoms with Gasteiger partial charge in [0.15, 0.2) is 0 Å². The van der Waals surface area contributed by atoms with Crippen LogP contribution in [0.15, 0.2) is 134 Å².